The van der Waals surface area contributed by atoms with Crippen LogP contribution in [0.1, 0.15) is 37.9 Å². The maximum Gasteiger partial charge on any atom is 0.338 e. The van der Waals surface area contributed by atoms with E-state index in [1.54, 1.807) is 6.92 Å². The number of benzene rings is 2. The Bertz CT molecular complexity index is 1130. The molecule has 0 amide bonds. The predicted molar refractivity (Wildman–Crippen MR) is 134 cm³/mol. The van der Waals surface area contributed by atoms with Crippen molar-refractivity contribution in [3.05, 3.63) is 80.9 Å². The molecule has 2 aliphatic rings. The van der Waals surface area contributed by atoms with Crippen LogP contribution in [-0.2, 0) is 16.1 Å². The molecule has 1 atom stereocenters. The van der Waals surface area contributed by atoms with Crippen LogP contribution < -0.4 is 9.47 Å². The Morgan fingerprint density at radius 3 is 2.67 bits per heavy atom. The monoisotopic (exact) mass is 528 g/mol. The normalized spacial score (nSPS) is 17.0. The fraction of sp³-hybridized carbons (Fsp3) is 0.280. The average molecular weight is 529 g/mol. The van der Waals surface area contributed by atoms with Crippen LogP contribution >= 0.6 is 27.7 Å². The molecular weight excluding hydrogens is 504 g/mol. The summed E-state index contributed by atoms with van der Waals surface area (Å²) in [5.74, 6) is 0.865. The van der Waals surface area contributed by atoms with Crippen molar-refractivity contribution >= 4 is 38.8 Å². The van der Waals surface area contributed by atoms with Crippen LogP contribution in [-0.4, -0.2) is 29.3 Å². The molecule has 2 aliphatic heterocycles. The highest BCUT2D eigenvalue weighted by Crippen LogP contribution is 2.45. The van der Waals surface area contributed by atoms with Gasteiger partial charge in [0.2, 0.25) is 0 Å². The minimum absolute atomic E-state index is 0.295. The van der Waals surface area contributed by atoms with Gasteiger partial charge >= 0.3 is 5.97 Å². The highest BCUT2D eigenvalue weighted by Gasteiger charge is 2.38. The van der Waals surface area contributed by atoms with Gasteiger partial charge in [-0.05, 0) is 65.4 Å². The highest BCUT2D eigenvalue weighted by atomic mass is 79.9. The molecular formula is C25H25BrN2O4S. The smallest absolute Gasteiger partial charge is 0.338 e. The third-order valence-electron chi connectivity index (χ3n) is 5.19. The SMILES string of the molecule is CCOC(=O)C1=C(C)N=C2SC=CN2[C@H]1c1cc(Br)c(OCc2ccccc2)c(OCC)c1. The lowest BCUT2D eigenvalue weighted by Crippen LogP contribution is -2.34. The van der Waals surface area contributed by atoms with Crippen LogP contribution in [0.4, 0.5) is 0 Å². The van der Waals surface area contributed by atoms with E-state index in [0.29, 0.717) is 42.6 Å². The number of rotatable bonds is 8. The van der Waals surface area contributed by atoms with Crippen molar-refractivity contribution in [2.75, 3.05) is 13.2 Å². The number of carbonyl (C=O) groups is 1. The second-order valence-electron chi connectivity index (χ2n) is 7.36. The Hall–Kier alpha value is -2.71. The van der Waals surface area contributed by atoms with E-state index in [1.807, 2.05) is 72.8 Å². The maximum absolute atomic E-state index is 12.9. The number of esters is 1. The number of hydrogen-bond donors (Lipinski definition) is 0. The molecule has 8 heteroatoms. The first-order chi connectivity index (χ1) is 16.0. The summed E-state index contributed by atoms with van der Waals surface area (Å²) in [4.78, 5) is 19.5. The molecule has 0 spiro atoms. The standard InChI is InChI=1S/C25H25BrN2O4S/c1-4-30-20-14-18(13-19(26)23(20)32-15-17-9-7-6-8-10-17)22-21(24(29)31-5-2)16(3)27-25-28(22)11-12-33-25/h6-14,22H,4-5,15H2,1-3H3/t22-/m0/s1. The number of carbonyl (C=O) groups excluding carboxylic acids is 1. The largest absolute Gasteiger partial charge is 0.490 e. The molecule has 0 aromatic heterocycles. The Kier molecular flexibility index (Phi) is 7.45. The van der Waals surface area contributed by atoms with E-state index in [-0.39, 0.29) is 12.0 Å². The van der Waals surface area contributed by atoms with Crippen LogP contribution in [0, 0.1) is 0 Å². The number of amidine groups is 1. The van der Waals surface area contributed by atoms with Crippen LogP contribution in [0.15, 0.2) is 74.8 Å². The molecule has 0 N–H and O–H groups in total. The molecule has 0 aliphatic carbocycles. The van der Waals surface area contributed by atoms with Gasteiger partial charge in [0.05, 0.1) is 35.0 Å². The molecule has 4 rings (SSSR count). The highest BCUT2D eigenvalue weighted by molar-refractivity contribution is 9.10. The van der Waals surface area contributed by atoms with E-state index < -0.39 is 0 Å². The van der Waals surface area contributed by atoms with Crippen LogP contribution in [0.2, 0.25) is 0 Å². The lowest BCUT2D eigenvalue weighted by molar-refractivity contribution is -0.139. The summed E-state index contributed by atoms with van der Waals surface area (Å²) in [6, 6.07) is 13.5. The molecule has 0 unspecified atom stereocenters. The fourth-order valence-electron chi connectivity index (χ4n) is 3.78. The van der Waals surface area contributed by atoms with E-state index in [9.17, 15) is 4.79 Å². The first kappa shape index (κ1) is 23.4. The van der Waals surface area contributed by atoms with Gasteiger partial charge in [0.1, 0.15) is 6.61 Å². The zero-order chi connectivity index (χ0) is 23.4. The summed E-state index contributed by atoms with van der Waals surface area (Å²) >= 11 is 5.20. The molecule has 0 saturated heterocycles. The van der Waals surface area contributed by atoms with Crippen LogP contribution in [0.5, 0.6) is 11.5 Å². The minimum atomic E-state index is -0.388. The molecule has 2 aromatic carbocycles. The van der Waals surface area contributed by atoms with E-state index in [1.165, 1.54) is 11.8 Å². The Balaban J connectivity index is 1.74. The van der Waals surface area contributed by atoms with Crippen molar-refractivity contribution in [3.8, 4) is 11.5 Å². The van der Waals surface area contributed by atoms with Gasteiger partial charge < -0.3 is 19.1 Å². The molecule has 172 valence electrons. The molecule has 0 radical (unpaired) electrons. The Labute approximate surface area is 206 Å². The minimum Gasteiger partial charge on any atom is -0.490 e. The molecule has 0 saturated carbocycles. The first-order valence-corrected chi connectivity index (χ1v) is 12.4. The Morgan fingerprint density at radius 2 is 1.94 bits per heavy atom. The summed E-state index contributed by atoms with van der Waals surface area (Å²) in [5, 5.41) is 2.78. The van der Waals surface area contributed by atoms with Gasteiger partial charge in [-0.2, -0.15) is 0 Å². The second-order valence-corrected chi connectivity index (χ2v) is 9.09. The maximum atomic E-state index is 12.9. The number of aliphatic imine (C=N–C) groups is 1. The van der Waals surface area contributed by atoms with Gasteiger partial charge in [0.15, 0.2) is 16.7 Å². The molecule has 2 heterocycles. The van der Waals surface area contributed by atoms with Gasteiger partial charge in [0, 0.05) is 6.20 Å². The van der Waals surface area contributed by atoms with Gasteiger partial charge in [-0.25, -0.2) is 9.79 Å². The molecule has 0 fully saturated rings. The number of ether oxygens (including phenoxy) is 3. The summed E-state index contributed by atoms with van der Waals surface area (Å²) < 4.78 is 18.2. The summed E-state index contributed by atoms with van der Waals surface area (Å²) in [5.41, 5.74) is 3.10. The molecule has 33 heavy (non-hydrogen) atoms. The summed E-state index contributed by atoms with van der Waals surface area (Å²) in [7, 11) is 0. The first-order valence-electron chi connectivity index (χ1n) is 10.7. The molecule has 2 aromatic rings. The van der Waals surface area contributed by atoms with Crippen molar-refractivity contribution in [3.63, 3.8) is 0 Å². The average Bonchev–Trinajstić information content (AvgIpc) is 3.26. The van der Waals surface area contributed by atoms with Crippen LogP contribution in [0.3, 0.4) is 0 Å². The van der Waals surface area contributed by atoms with Gasteiger partial charge in [-0.15, -0.1) is 0 Å². The van der Waals surface area contributed by atoms with Gasteiger partial charge in [-0.3, -0.25) is 0 Å². The number of fused-ring (bicyclic) bond motifs is 1. The zero-order valence-corrected chi connectivity index (χ0v) is 21.1. The number of nitrogens with zero attached hydrogens (tertiary/aromatic N) is 2. The summed E-state index contributed by atoms with van der Waals surface area (Å²) in [6.07, 6.45) is 1.94. The lowest BCUT2D eigenvalue weighted by Gasteiger charge is -2.33. The van der Waals surface area contributed by atoms with E-state index in [4.69, 9.17) is 14.2 Å². The molecule has 6 nitrogen and oxygen atoms in total. The van der Waals surface area contributed by atoms with Gasteiger partial charge in [-0.1, -0.05) is 42.1 Å². The van der Waals surface area contributed by atoms with E-state index >= 15 is 0 Å². The van der Waals surface area contributed by atoms with Crippen molar-refractivity contribution in [1.29, 1.82) is 0 Å². The van der Waals surface area contributed by atoms with Crippen molar-refractivity contribution in [2.24, 2.45) is 4.99 Å². The second kappa shape index (κ2) is 10.5. The Morgan fingerprint density at radius 1 is 1.15 bits per heavy atom. The molecule has 0 bridgehead atoms. The fourth-order valence-corrected chi connectivity index (χ4v) is 5.14. The van der Waals surface area contributed by atoms with E-state index in [2.05, 4.69) is 20.9 Å². The summed E-state index contributed by atoms with van der Waals surface area (Å²) in [6.45, 7) is 6.77. The van der Waals surface area contributed by atoms with Crippen molar-refractivity contribution in [1.82, 2.24) is 4.90 Å². The predicted octanol–water partition coefficient (Wildman–Crippen LogP) is 6.19. The lowest BCUT2D eigenvalue weighted by atomic mass is 9.94. The quantitative estimate of drug-likeness (QED) is 0.380. The topological polar surface area (TPSA) is 60.4 Å². The number of halogens is 1. The van der Waals surface area contributed by atoms with E-state index in [0.717, 1.165) is 20.8 Å². The number of allylic oxidation sites excluding steroid dienone is 1. The van der Waals surface area contributed by atoms with Crippen molar-refractivity contribution < 1.29 is 19.0 Å². The third kappa shape index (κ3) is 4.96. The van der Waals surface area contributed by atoms with Crippen LogP contribution in [0.25, 0.3) is 0 Å². The number of thioether (sulfide) groups is 1. The zero-order valence-electron chi connectivity index (χ0n) is 18.7. The number of hydrogen-bond acceptors (Lipinski definition) is 7. The third-order valence-corrected chi connectivity index (χ3v) is 6.55. The van der Waals surface area contributed by atoms with Crippen molar-refractivity contribution in [2.45, 2.75) is 33.4 Å². The van der Waals surface area contributed by atoms with Gasteiger partial charge in [0.25, 0.3) is 0 Å².